The predicted molar refractivity (Wildman–Crippen MR) is 88.4 cm³/mol. The molecule has 134 valence electrons. The lowest BCUT2D eigenvalue weighted by Gasteiger charge is -2.10. The highest BCUT2D eigenvalue weighted by Gasteiger charge is 2.09. The van der Waals surface area contributed by atoms with Crippen LogP contribution in [0, 0.1) is 5.92 Å². The normalized spacial score (nSPS) is 11.0. The van der Waals surface area contributed by atoms with Gasteiger partial charge in [-0.1, -0.05) is 13.8 Å². The highest BCUT2D eigenvalue weighted by atomic mass is 19.3. The molecule has 0 unspecified atom stereocenters. The number of aromatic nitrogens is 2. The first kappa shape index (κ1) is 18.6. The number of nitrogens with zero attached hydrogens (tertiary/aromatic N) is 2. The van der Waals surface area contributed by atoms with Crippen molar-refractivity contribution in [2.24, 2.45) is 5.92 Å². The van der Waals surface area contributed by atoms with Crippen molar-refractivity contribution >= 4 is 5.91 Å². The van der Waals surface area contributed by atoms with Crippen molar-refractivity contribution < 1.29 is 18.3 Å². The van der Waals surface area contributed by atoms with Crippen LogP contribution in [0.5, 0.6) is 5.75 Å². The largest absolute Gasteiger partial charge is 0.435 e. The van der Waals surface area contributed by atoms with E-state index < -0.39 is 12.2 Å². The third kappa shape index (κ3) is 5.66. The lowest BCUT2D eigenvalue weighted by molar-refractivity contribution is -0.122. The summed E-state index contributed by atoms with van der Waals surface area (Å²) in [6, 6.07) is 8.68. The number of nitrogens with one attached hydrogen (secondary N) is 1. The summed E-state index contributed by atoms with van der Waals surface area (Å²) in [5.74, 6) is 0.0233. The number of rotatable bonds is 7. The summed E-state index contributed by atoms with van der Waals surface area (Å²) in [5, 5.41) is 6.87. The minimum absolute atomic E-state index is 0.0279. The second kappa shape index (κ2) is 8.36. The van der Waals surface area contributed by atoms with Gasteiger partial charge in [0.15, 0.2) is 0 Å². The smallest absolute Gasteiger partial charge is 0.387 e. The van der Waals surface area contributed by atoms with E-state index in [9.17, 15) is 18.4 Å². The van der Waals surface area contributed by atoms with E-state index in [1.165, 1.54) is 24.3 Å². The van der Waals surface area contributed by atoms with Gasteiger partial charge in [-0.2, -0.15) is 13.9 Å². The van der Waals surface area contributed by atoms with E-state index in [0.717, 1.165) is 4.68 Å². The molecule has 0 aliphatic heterocycles. The molecule has 0 aliphatic rings. The van der Waals surface area contributed by atoms with E-state index in [2.05, 4.69) is 15.2 Å². The minimum atomic E-state index is -2.89. The van der Waals surface area contributed by atoms with Gasteiger partial charge >= 0.3 is 6.61 Å². The summed E-state index contributed by atoms with van der Waals surface area (Å²) in [6.07, 6.45) is 0. The number of hydrogen-bond acceptors (Lipinski definition) is 4. The summed E-state index contributed by atoms with van der Waals surface area (Å²) in [5.41, 5.74) is 0.652. The number of amides is 1. The fourth-order valence-electron chi connectivity index (χ4n) is 2.03. The Morgan fingerprint density at radius 2 is 1.88 bits per heavy atom. The summed E-state index contributed by atoms with van der Waals surface area (Å²) in [7, 11) is 0. The number of halogens is 2. The molecule has 0 bridgehead atoms. The van der Waals surface area contributed by atoms with Crippen LogP contribution in [0.25, 0.3) is 11.3 Å². The highest BCUT2D eigenvalue weighted by Crippen LogP contribution is 2.21. The Morgan fingerprint density at radius 1 is 1.20 bits per heavy atom. The molecule has 1 N–H and O–H groups in total. The third-order valence-electron chi connectivity index (χ3n) is 3.24. The monoisotopic (exact) mass is 351 g/mol. The summed E-state index contributed by atoms with van der Waals surface area (Å²) in [6.45, 7) is 1.36. The van der Waals surface area contributed by atoms with Crippen molar-refractivity contribution in [1.82, 2.24) is 15.1 Å². The molecule has 0 radical (unpaired) electrons. The second-order valence-corrected chi connectivity index (χ2v) is 5.82. The number of hydrogen-bond donors (Lipinski definition) is 1. The van der Waals surface area contributed by atoms with Crippen molar-refractivity contribution in [3.05, 3.63) is 46.8 Å². The number of benzene rings is 1. The molecule has 1 heterocycles. The third-order valence-corrected chi connectivity index (χ3v) is 3.24. The van der Waals surface area contributed by atoms with Gasteiger partial charge in [0.05, 0.1) is 5.69 Å². The first-order chi connectivity index (χ1) is 11.8. The minimum Gasteiger partial charge on any atom is -0.435 e. The lowest BCUT2D eigenvalue weighted by Crippen LogP contribution is -2.35. The van der Waals surface area contributed by atoms with Crippen LogP contribution in [0.15, 0.2) is 41.2 Å². The van der Waals surface area contributed by atoms with Gasteiger partial charge in [0.1, 0.15) is 12.3 Å². The molecule has 25 heavy (non-hydrogen) atoms. The zero-order valence-corrected chi connectivity index (χ0v) is 13.9. The van der Waals surface area contributed by atoms with E-state index in [1.807, 2.05) is 13.8 Å². The first-order valence-corrected chi connectivity index (χ1v) is 7.75. The molecule has 6 nitrogen and oxygen atoms in total. The van der Waals surface area contributed by atoms with Crippen LogP contribution in [0.1, 0.15) is 13.8 Å². The van der Waals surface area contributed by atoms with Gasteiger partial charge < -0.3 is 10.1 Å². The van der Waals surface area contributed by atoms with E-state index in [1.54, 1.807) is 12.1 Å². The fourth-order valence-corrected chi connectivity index (χ4v) is 2.03. The molecule has 0 saturated carbocycles. The molecule has 1 aromatic heterocycles. The van der Waals surface area contributed by atoms with Crippen LogP contribution >= 0.6 is 0 Å². The van der Waals surface area contributed by atoms with Crippen molar-refractivity contribution in [2.75, 3.05) is 6.54 Å². The number of ether oxygens (including phenoxy) is 1. The molecule has 1 aromatic carbocycles. The highest BCUT2D eigenvalue weighted by molar-refractivity contribution is 5.75. The number of alkyl halides is 2. The predicted octanol–water partition coefficient (Wildman–Crippen LogP) is 2.28. The van der Waals surface area contributed by atoms with Crippen molar-refractivity contribution in [1.29, 1.82) is 0 Å². The Labute approximate surface area is 143 Å². The van der Waals surface area contributed by atoms with Gasteiger partial charge in [0.2, 0.25) is 5.91 Å². The molecule has 0 atom stereocenters. The van der Waals surface area contributed by atoms with Gasteiger partial charge in [-0.25, -0.2) is 4.68 Å². The van der Waals surface area contributed by atoms with Gasteiger partial charge in [0.25, 0.3) is 5.56 Å². The Morgan fingerprint density at radius 3 is 2.48 bits per heavy atom. The molecule has 1 amide bonds. The van der Waals surface area contributed by atoms with Gasteiger partial charge in [-0.15, -0.1) is 0 Å². The number of carbonyl (C=O) groups is 1. The van der Waals surface area contributed by atoms with Crippen molar-refractivity contribution in [2.45, 2.75) is 27.0 Å². The molecular weight excluding hydrogens is 332 g/mol. The van der Waals surface area contributed by atoms with Crippen molar-refractivity contribution in [3.8, 4) is 17.0 Å². The Bertz CT molecular complexity index is 773. The zero-order chi connectivity index (χ0) is 18.4. The Kier molecular flexibility index (Phi) is 6.21. The molecule has 0 spiro atoms. The van der Waals surface area contributed by atoms with Crippen LogP contribution < -0.4 is 15.6 Å². The van der Waals surface area contributed by atoms with Crippen LogP contribution in [0.2, 0.25) is 0 Å². The Hall–Kier alpha value is -2.77. The number of carbonyl (C=O) groups excluding carboxylic acids is 1. The second-order valence-electron chi connectivity index (χ2n) is 5.82. The molecule has 0 saturated heterocycles. The van der Waals surface area contributed by atoms with E-state index in [0.29, 0.717) is 23.7 Å². The average molecular weight is 351 g/mol. The average Bonchev–Trinajstić information content (AvgIpc) is 2.55. The molecule has 0 aliphatic carbocycles. The standard InChI is InChI=1S/C17H19F2N3O3/c1-11(2)9-20-15(23)10-22-16(24)8-7-14(21-22)12-3-5-13(6-4-12)25-17(18)19/h3-8,11,17H,9-10H2,1-2H3,(H,20,23). The summed E-state index contributed by atoms with van der Waals surface area (Å²) >= 11 is 0. The van der Waals surface area contributed by atoms with Crippen LogP contribution in [-0.4, -0.2) is 28.8 Å². The summed E-state index contributed by atoms with van der Waals surface area (Å²) < 4.78 is 29.7. The SMILES string of the molecule is CC(C)CNC(=O)Cn1nc(-c2ccc(OC(F)F)cc2)ccc1=O. The molecule has 2 aromatic rings. The zero-order valence-electron chi connectivity index (χ0n) is 13.9. The quantitative estimate of drug-likeness (QED) is 0.831. The molecule has 8 heteroatoms. The topological polar surface area (TPSA) is 73.2 Å². The van der Waals surface area contributed by atoms with Crippen LogP contribution in [0.4, 0.5) is 8.78 Å². The maximum absolute atomic E-state index is 12.2. The molecule has 0 fully saturated rings. The fraction of sp³-hybridized carbons (Fsp3) is 0.353. The van der Waals surface area contributed by atoms with Crippen LogP contribution in [-0.2, 0) is 11.3 Å². The Balaban J connectivity index is 2.15. The van der Waals surface area contributed by atoms with Gasteiger partial charge in [-0.3, -0.25) is 9.59 Å². The van der Waals surface area contributed by atoms with E-state index >= 15 is 0 Å². The maximum Gasteiger partial charge on any atom is 0.387 e. The summed E-state index contributed by atoms with van der Waals surface area (Å²) in [4.78, 5) is 23.7. The maximum atomic E-state index is 12.2. The van der Waals surface area contributed by atoms with E-state index in [-0.39, 0.29) is 18.2 Å². The molecular formula is C17H19F2N3O3. The van der Waals surface area contributed by atoms with Crippen molar-refractivity contribution in [3.63, 3.8) is 0 Å². The van der Waals surface area contributed by atoms with Crippen LogP contribution in [0.3, 0.4) is 0 Å². The molecule has 2 rings (SSSR count). The van der Waals surface area contributed by atoms with Gasteiger partial charge in [-0.05, 0) is 36.2 Å². The van der Waals surface area contributed by atoms with E-state index in [4.69, 9.17) is 0 Å². The lowest BCUT2D eigenvalue weighted by atomic mass is 10.1. The first-order valence-electron chi connectivity index (χ1n) is 7.75. The van der Waals surface area contributed by atoms with Gasteiger partial charge in [0, 0.05) is 18.2 Å².